The zero-order valence-corrected chi connectivity index (χ0v) is 16.1. The van der Waals surface area contributed by atoms with E-state index >= 15 is 0 Å². The van der Waals surface area contributed by atoms with Crippen molar-refractivity contribution < 1.29 is 19.0 Å². The Hall–Kier alpha value is -2.60. The van der Waals surface area contributed by atoms with E-state index in [0.29, 0.717) is 40.9 Å². The summed E-state index contributed by atoms with van der Waals surface area (Å²) in [6.45, 7) is 2.35. The van der Waals surface area contributed by atoms with Gasteiger partial charge in [0.15, 0.2) is 11.5 Å². The molecule has 0 aliphatic heterocycles. The molecule has 0 spiro atoms. The van der Waals surface area contributed by atoms with Crippen LogP contribution in [0.15, 0.2) is 30.3 Å². The van der Waals surface area contributed by atoms with E-state index in [2.05, 4.69) is 10.6 Å². The van der Waals surface area contributed by atoms with Gasteiger partial charge in [0, 0.05) is 17.3 Å². The molecule has 2 rings (SSSR count). The SMILES string of the molecule is COc1cc(CCNC(=O)Nc2cc(Cl)ccc2C)cc(OC)c1OC. The van der Waals surface area contributed by atoms with Gasteiger partial charge >= 0.3 is 6.03 Å². The summed E-state index contributed by atoms with van der Waals surface area (Å²) in [4.78, 5) is 12.1. The molecule has 2 N–H and O–H groups in total. The second kappa shape index (κ2) is 9.20. The number of halogens is 1. The van der Waals surface area contributed by atoms with E-state index in [0.717, 1.165) is 11.1 Å². The van der Waals surface area contributed by atoms with Crippen molar-refractivity contribution in [3.8, 4) is 17.2 Å². The molecule has 2 amide bonds. The van der Waals surface area contributed by atoms with Crippen LogP contribution in [0.2, 0.25) is 5.02 Å². The second-order valence-corrected chi connectivity index (χ2v) is 6.06. The van der Waals surface area contributed by atoms with Crippen molar-refractivity contribution >= 4 is 23.3 Å². The minimum Gasteiger partial charge on any atom is -0.493 e. The van der Waals surface area contributed by atoms with E-state index in [-0.39, 0.29) is 6.03 Å². The Kier molecular flexibility index (Phi) is 6.97. The quantitative estimate of drug-likeness (QED) is 0.763. The summed E-state index contributed by atoms with van der Waals surface area (Å²) in [6.07, 6.45) is 0.610. The van der Waals surface area contributed by atoms with Crippen LogP contribution in [0.25, 0.3) is 0 Å². The smallest absolute Gasteiger partial charge is 0.319 e. The highest BCUT2D eigenvalue weighted by atomic mass is 35.5. The Balaban J connectivity index is 1.96. The van der Waals surface area contributed by atoms with Gasteiger partial charge in [0.05, 0.1) is 21.3 Å². The van der Waals surface area contributed by atoms with Gasteiger partial charge in [0.25, 0.3) is 0 Å². The van der Waals surface area contributed by atoms with Gasteiger partial charge < -0.3 is 24.8 Å². The average molecular weight is 379 g/mol. The van der Waals surface area contributed by atoms with Crippen molar-refractivity contribution in [2.24, 2.45) is 0 Å². The zero-order chi connectivity index (χ0) is 19.1. The highest BCUT2D eigenvalue weighted by Crippen LogP contribution is 2.38. The maximum atomic E-state index is 12.1. The lowest BCUT2D eigenvalue weighted by Crippen LogP contribution is -2.30. The predicted molar refractivity (Wildman–Crippen MR) is 103 cm³/mol. The monoisotopic (exact) mass is 378 g/mol. The maximum Gasteiger partial charge on any atom is 0.319 e. The molecule has 7 heteroatoms. The van der Waals surface area contributed by atoms with Crippen LogP contribution < -0.4 is 24.8 Å². The molecule has 26 heavy (non-hydrogen) atoms. The number of hydrogen-bond donors (Lipinski definition) is 2. The molecule has 6 nitrogen and oxygen atoms in total. The molecular weight excluding hydrogens is 356 g/mol. The molecule has 0 heterocycles. The van der Waals surface area contributed by atoms with Gasteiger partial charge in [0.1, 0.15) is 0 Å². The first-order valence-corrected chi connectivity index (χ1v) is 8.46. The molecule has 0 aliphatic rings. The average Bonchev–Trinajstić information content (AvgIpc) is 2.63. The van der Waals surface area contributed by atoms with Crippen molar-refractivity contribution in [3.63, 3.8) is 0 Å². The number of hydrogen-bond acceptors (Lipinski definition) is 4. The molecule has 0 fully saturated rings. The number of nitrogens with one attached hydrogen (secondary N) is 2. The predicted octanol–water partition coefficient (Wildman–Crippen LogP) is 4.04. The highest BCUT2D eigenvalue weighted by Gasteiger charge is 2.13. The van der Waals surface area contributed by atoms with Crippen molar-refractivity contribution in [2.75, 3.05) is 33.2 Å². The third-order valence-corrected chi connectivity index (χ3v) is 4.11. The molecule has 2 aromatic carbocycles. The number of aryl methyl sites for hydroxylation is 1. The largest absolute Gasteiger partial charge is 0.493 e. The Morgan fingerprint density at radius 1 is 1.04 bits per heavy atom. The number of methoxy groups -OCH3 is 3. The number of anilines is 1. The van der Waals surface area contributed by atoms with E-state index in [1.807, 2.05) is 25.1 Å². The van der Waals surface area contributed by atoms with E-state index in [9.17, 15) is 4.79 Å². The molecule has 2 aromatic rings. The molecule has 0 unspecified atom stereocenters. The van der Waals surface area contributed by atoms with Gasteiger partial charge in [0.2, 0.25) is 5.75 Å². The van der Waals surface area contributed by atoms with Crippen LogP contribution in [-0.4, -0.2) is 33.9 Å². The first-order valence-electron chi connectivity index (χ1n) is 8.08. The molecule has 140 valence electrons. The van der Waals surface area contributed by atoms with E-state index in [4.69, 9.17) is 25.8 Å². The minimum absolute atomic E-state index is 0.289. The summed E-state index contributed by atoms with van der Waals surface area (Å²) in [5.41, 5.74) is 2.58. The molecule has 0 aliphatic carbocycles. The number of carbonyl (C=O) groups excluding carboxylic acids is 1. The number of carbonyl (C=O) groups is 1. The van der Waals surface area contributed by atoms with Gasteiger partial charge in [-0.3, -0.25) is 0 Å². The van der Waals surface area contributed by atoms with Crippen LogP contribution >= 0.6 is 11.6 Å². The van der Waals surface area contributed by atoms with Crippen LogP contribution in [0.4, 0.5) is 10.5 Å². The minimum atomic E-state index is -0.289. The lowest BCUT2D eigenvalue weighted by atomic mass is 10.1. The van der Waals surface area contributed by atoms with Gasteiger partial charge in [-0.1, -0.05) is 17.7 Å². The topological polar surface area (TPSA) is 68.8 Å². The van der Waals surface area contributed by atoms with Gasteiger partial charge in [-0.25, -0.2) is 4.79 Å². The Morgan fingerprint density at radius 3 is 2.27 bits per heavy atom. The van der Waals surface area contributed by atoms with Crippen LogP contribution in [0.3, 0.4) is 0 Å². The number of rotatable bonds is 7. The molecule has 0 saturated heterocycles. The summed E-state index contributed by atoms with van der Waals surface area (Å²) >= 11 is 5.96. The first kappa shape index (κ1) is 19.7. The van der Waals surface area contributed by atoms with Crippen LogP contribution in [0.5, 0.6) is 17.2 Å². The van der Waals surface area contributed by atoms with Crippen LogP contribution in [-0.2, 0) is 6.42 Å². The van der Waals surface area contributed by atoms with Gasteiger partial charge in [-0.15, -0.1) is 0 Å². The van der Waals surface area contributed by atoms with Gasteiger partial charge in [-0.2, -0.15) is 0 Å². The third kappa shape index (κ3) is 4.95. The summed E-state index contributed by atoms with van der Waals surface area (Å²) in [7, 11) is 4.70. The molecule has 0 radical (unpaired) electrons. The summed E-state index contributed by atoms with van der Waals surface area (Å²) in [6, 6.07) is 8.79. The third-order valence-electron chi connectivity index (χ3n) is 3.87. The number of ether oxygens (including phenoxy) is 3. The van der Waals surface area contributed by atoms with Crippen LogP contribution in [0.1, 0.15) is 11.1 Å². The molecule has 0 atom stereocenters. The fourth-order valence-electron chi connectivity index (χ4n) is 2.50. The van der Waals surface area contributed by atoms with Crippen molar-refractivity contribution in [1.82, 2.24) is 5.32 Å². The zero-order valence-electron chi connectivity index (χ0n) is 15.3. The fourth-order valence-corrected chi connectivity index (χ4v) is 2.67. The number of benzene rings is 2. The molecule has 0 bridgehead atoms. The second-order valence-electron chi connectivity index (χ2n) is 5.62. The normalized spacial score (nSPS) is 10.2. The van der Waals surface area contributed by atoms with E-state index in [1.165, 1.54) is 0 Å². The first-order chi connectivity index (χ1) is 12.5. The maximum absolute atomic E-state index is 12.1. The number of urea groups is 1. The van der Waals surface area contributed by atoms with Gasteiger partial charge in [-0.05, 0) is 48.7 Å². The number of amides is 2. The van der Waals surface area contributed by atoms with E-state index in [1.54, 1.807) is 33.5 Å². The van der Waals surface area contributed by atoms with Crippen molar-refractivity contribution in [2.45, 2.75) is 13.3 Å². The fraction of sp³-hybridized carbons (Fsp3) is 0.316. The molecular formula is C19H23ClN2O4. The summed E-state index contributed by atoms with van der Waals surface area (Å²) in [5.74, 6) is 1.71. The van der Waals surface area contributed by atoms with Crippen molar-refractivity contribution in [3.05, 3.63) is 46.5 Å². The summed E-state index contributed by atoms with van der Waals surface area (Å²) in [5, 5.41) is 6.19. The molecule has 0 saturated carbocycles. The Morgan fingerprint density at radius 2 is 1.69 bits per heavy atom. The van der Waals surface area contributed by atoms with E-state index < -0.39 is 0 Å². The lowest BCUT2D eigenvalue weighted by Gasteiger charge is -2.14. The summed E-state index contributed by atoms with van der Waals surface area (Å²) < 4.78 is 16.0. The Labute approximate surface area is 158 Å². The van der Waals surface area contributed by atoms with Crippen molar-refractivity contribution in [1.29, 1.82) is 0 Å². The Bertz CT molecular complexity index is 755. The lowest BCUT2D eigenvalue weighted by molar-refractivity contribution is 0.252. The van der Waals surface area contributed by atoms with Crippen LogP contribution in [0, 0.1) is 6.92 Å². The molecule has 0 aromatic heterocycles. The standard InChI is InChI=1S/C19H23ClN2O4/c1-12-5-6-14(20)11-15(12)22-19(23)21-8-7-13-9-16(24-2)18(26-4)17(10-13)25-3/h5-6,9-11H,7-8H2,1-4H3,(H2,21,22,23). The highest BCUT2D eigenvalue weighted by molar-refractivity contribution is 6.31.